The molecule has 2 bridgehead atoms. The summed E-state index contributed by atoms with van der Waals surface area (Å²) in [5.74, 6) is 0.837. The van der Waals surface area contributed by atoms with Crippen molar-refractivity contribution in [3.8, 4) is 0 Å². The largest absolute Gasteiger partial charge is 0.481 e. The highest BCUT2D eigenvalue weighted by atomic mass is 16.7. The van der Waals surface area contributed by atoms with Gasteiger partial charge >= 0.3 is 13.2 Å². The van der Waals surface area contributed by atoms with Crippen molar-refractivity contribution in [3.05, 3.63) is 35.9 Å². The zero-order chi connectivity index (χ0) is 27.2. The van der Waals surface area contributed by atoms with Gasteiger partial charge in [0.25, 0.3) is 0 Å². The van der Waals surface area contributed by atoms with E-state index in [0.29, 0.717) is 30.6 Å². The number of carbonyl (C=O) groups excluding carboxylic acids is 2. The number of alkyl carbamates (subject to hydrolysis) is 1. The van der Waals surface area contributed by atoms with Crippen LogP contribution in [0.15, 0.2) is 30.3 Å². The van der Waals surface area contributed by atoms with Crippen molar-refractivity contribution in [1.82, 2.24) is 10.6 Å². The summed E-state index contributed by atoms with van der Waals surface area (Å²) in [5, 5.41) is 5.99. The van der Waals surface area contributed by atoms with Gasteiger partial charge < -0.3 is 24.7 Å². The molecule has 3 aliphatic carbocycles. The van der Waals surface area contributed by atoms with Crippen molar-refractivity contribution < 1.29 is 23.6 Å². The lowest BCUT2D eigenvalue weighted by Gasteiger charge is -2.64. The third-order valence-electron chi connectivity index (χ3n) is 8.64. The minimum Gasteiger partial charge on any atom is -0.444 e. The van der Waals surface area contributed by atoms with E-state index < -0.39 is 24.9 Å². The summed E-state index contributed by atoms with van der Waals surface area (Å²) >= 11 is 0. The third kappa shape index (κ3) is 6.01. The number of nitrogens with one attached hydrogen (secondary N) is 2. The lowest BCUT2D eigenvalue weighted by molar-refractivity contribution is -0.199. The van der Waals surface area contributed by atoms with Crippen LogP contribution in [0.4, 0.5) is 4.79 Å². The van der Waals surface area contributed by atoms with Crippen molar-refractivity contribution in [1.29, 1.82) is 0 Å². The van der Waals surface area contributed by atoms with Crippen LogP contribution < -0.4 is 10.6 Å². The van der Waals surface area contributed by atoms with Gasteiger partial charge in [-0.25, -0.2) is 4.79 Å². The molecule has 1 aromatic rings. The molecular weight excluding hydrogens is 467 g/mol. The second-order valence-electron chi connectivity index (χ2n) is 13.5. The molecule has 7 nitrogen and oxygen atoms in total. The molecule has 2 amide bonds. The average Bonchev–Trinajstić information content (AvgIpc) is 3.14. The predicted octanol–water partition coefficient (Wildman–Crippen LogP) is 4.92. The first-order valence-corrected chi connectivity index (χ1v) is 13.9. The molecule has 204 valence electrons. The van der Waals surface area contributed by atoms with Crippen LogP contribution in [0.5, 0.6) is 0 Å². The van der Waals surface area contributed by atoms with E-state index in [-0.39, 0.29) is 29.0 Å². The van der Waals surface area contributed by atoms with Gasteiger partial charge in [-0.1, -0.05) is 58.0 Å². The molecule has 1 aromatic carbocycles. The molecule has 5 rings (SSSR count). The van der Waals surface area contributed by atoms with Crippen molar-refractivity contribution in [2.45, 2.75) is 110 Å². The Bertz CT molecular complexity index is 978. The highest BCUT2D eigenvalue weighted by Gasteiger charge is 2.68. The third-order valence-corrected chi connectivity index (χ3v) is 8.64. The first kappa shape index (κ1) is 28.0. The molecule has 3 unspecified atom stereocenters. The Morgan fingerprint density at radius 3 is 2.38 bits per heavy atom. The van der Waals surface area contributed by atoms with E-state index in [1.165, 1.54) is 6.42 Å². The Morgan fingerprint density at radius 2 is 1.78 bits per heavy atom. The summed E-state index contributed by atoms with van der Waals surface area (Å²) in [4.78, 5) is 26.3. The number of hydrogen-bond donors (Lipinski definition) is 2. The SMILES string of the molecule is CC(C)C[C@H](NC(=O)C(Cc1ccccc1)NC(=O)OC(C)(C)C)B1OC2CC3C[C@@H](C3(C)C)[C@]2(C)O1. The highest BCUT2D eigenvalue weighted by molar-refractivity contribution is 6.47. The topological polar surface area (TPSA) is 85.9 Å². The molecule has 0 aromatic heterocycles. The van der Waals surface area contributed by atoms with Crippen LogP contribution in [-0.4, -0.2) is 48.4 Å². The maximum absolute atomic E-state index is 13.7. The molecule has 4 fully saturated rings. The Labute approximate surface area is 222 Å². The van der Waals surface area contributed by atoms with Gasteiger partial charge in [0.1, 0.15) is 11.6 Å². The van der Waals surface area contributed by atoms with Crippen LogP contribution in [-0.2, 0) is 25.3 Å². The van der Waals surface area contributed by atoms with E-state index in [1.54, 1.807) is 20.8 Å². The molecule has 37 heavy (non-hydrogen) atoms. The van der Waals surface area contributed by atoms with E-state index in [9.17, 15) is 9.59 Å². The van der Waals surface area contributed by atoms with Gasteiger partial charge in [-0.2, -0.15) is 0 Å². The van der Waals surface area contributed by atoms with Crippen LogP contribution in [0.1, 0.15) is 80.2 Å². The molecule has 0 radical (unpaired) electrons. The van der Waals surface area contributed by atoms with Crippen molar-refractivity contribution in [2.24, 2.45) is 23.2 Å². The van der Waals surface area contributed by atoms with E-state index >= 15 is 0 Å². The van der Waals surface area contributed by atoms with Gasteiger partial charge in [-0.15, -0.1) is 0 Å². The van der Waals surface area contributed by atoms with Crippen molar-refractivity contribution >= 4 is 19.1 Å². The van der Waals surface area contributed by atoms with Crippen LogP contribution in [0.2, 0.25) is 0 Å². The molecule has 3 saturated carbocycles. The summed E-state index contributed by atoms with van der Waals surface area (Å²) < 4.78 is 18.7. The number of rotatable bonds is 8. The second kappa shape index (κ2) is 10.3. The Kier molecular flexibility index (Phi) is 7.75. The first-order chi connectivity index (χ1) is 17.2. The van der Waals surface area contributed by atoms with Crippen LogP contribution in [0.3, 0.4) is 0 Å². The zero-order valence-electron chi connectivity index (χ0n) is 23.8. The fourth-order valence-corrected chi connectivity index (χ4v) is 6.61. The van der Waals surface area contributed by atoms with Gasteiger partial charge in [0, 0.05) is 6.42 Å². The summed E-state index contributed by atoms with van der Waals surface area (Å²) in [5.41, 5.74) is 0.191. The normalized spacial score (nSPS) is 29.6. The van der Waals surface area contributed by atoms with E-state index in [0.717, 1.165) is 12.0 Å². The van der Waals surface area contributed by atoms with Gasteiger partial charge in [-0.05, 0) is 75.7 Å². The Balaban J connectivity index is 1.50. The van der Waals surface area contributed by atoms with Crippen LogP contribution >= 0.6 is 0 Å². The molecule has 2 N–H and O–H groups in total. The summed E-state index contributed by atoms with van der Waals surface area (Å²) in [7, 11) is -0.518. The second-order valence-corrected chi connectivity index (χ2v) is 13.5. The van der Waals surface area contributed by atoms with Gasteiger partial charge in [0.15, 0.2) is 0 Å². The number of amides is 2. The Morgan fingerprint density at radius 1 is 1.11 bits per heavy atom. The van der Waals surface area contributed by atoms with Crippen LogP contribution in [0, 0.1) is 23.2 Å². The highest BCUT2D eigenvalue weighted by Crippen LogP contribution is 2.65. The lowest BCUT2D eigenvalue weighted by atomic mass is 9.43. The smallest absolute Gasteiger partial charge is 0.444 e. The molecule has 0 spiro atoms. The summed E-state index contributed by atoms with van der Waals surface area (Å²) in [6.07, 6.45) is 2.66. The van der Waals surface area contributed by atoms with E-state index in [4.69, 9.17) is 14.0 Å². The summed E-state index contributed by atoms with van der Waals surface area (Å²) in [6, 6.07) is 8.89. The molecule has 1 saturated heterocycles. The molecule has 6 atom stereocenters. The lowest BCUT2D eigenvalue weighted by Crippen LogP contribution is -2.65. The quantitative estimate of drug-likeness (QED) is 0.483. The fraction of sp³-hybridized carbons (Fsp3) is 0.724. The van der Waals surface area contributed by atoms with Crippen molar-refractivity contribution in [2.75, 3.05) is 0 Å². The minimum atomic E-state index is -0.794. The van der Waals surface area contributed by atoms with E-state index in [2.05, 4.69) is 45.3 Å². The number of carbonyl (C=O) groups is 2. The number of benzene rings is 1. The predicted molar refractivity (Wildman–Crippen MR) is 145 cm³/mol. The van der Waals surface area contributed by atoms with Crippen molar-refractivity contribution in [3.63, 3.8) is 0 Å². The molecule has 1 aliphatic heterocycles. The minimum absolute atomic E-state index is 0.0424. The van der Waals surface area contributed by atoms with E-state index in [1.807, 2.05) is 30.3 Å². The number of ether oxygens (including phenoxy) is 1. The van der Waals surface area contributed by atoms with Crippen LogP contribution in [0.25, 0.3) is 0 Å². The maximum Gasteiger partial charge on any atom is 0.481 e. The van der Waals surface area contributed by atoms with Gasteiger partial charge in [-0.3, -0.25) is 4.79 Å². The average molecular weight is 513 g/mol. The van der Waals surface area contributed by atoms with Gasteiger partial charge in [0.05, 0.1) is 17.6 Å². The number of hydrogen-bond acceptors (Lipinski definition) is 5. The zero-order valence-corrected chi connectivity index (χ0v) is 23.8. The molecule has 8 heteroatoms. The fourth-order valence-electron chi connectivity index (χ4n) is 6.61. The maximum atomic E-state index is 13.7. The Hall–Kier alpha value is -2.06. The summed E-state index contributed by atoms with van der Waals surface area (Å²) in [6.45, 7) is 16.5. The first-order valence-electron chi connectivity index (χ1n) is 13.9. The van der Waals surface area contributed by atoms with Gasteiger partial charge in [0.2, 0.25) is 5.91 Å². The molecular formula is C29H45BN2O5. The molecule has 4 aliphatic rings. The molecule has 1 heterocycles. The monoisotopic (exact) mass is 512 g/mol. The standard InChI is InChI=1S/C29H45BN2O5/c1-18(2)14-24(30-36-23-17-20-16-22(28(20,6)7)29(23,8)37-30)32-25(33)21(15-19-12-10-9-11-13-19)31-26(34)35-27(3,4)5/h9-13,18,20-24H,14-17H2,1-8H3,(H,31,34)(H,32,33)/t20?,21?,22-,23?,24-,29-/m0/s1.